The van der Waals surface area contributed by atoms with Gasteiger partial charge in [-0.1, -0.05) is 25.2 Å². The van der Waals surface area contributed by atoms with Crippen LogP contribution >= 0.6 is 35.3 Å². The molecule has 1 saturated heterocycles. The van der Waals surface area contributed by atoms with Crippen molar-refractivity contribution >= 4 is 41.3 Å². The highest BCUT2D eigenvalue weighted by Gasteiger charge is 2.15. The Kier molecular flexibility index (Phi) is 7.67. The zero-order chi connectivity index (χ0) is 13.7. The second-order valence-electron chi connectivity index (χ2n) is 4.91. The third kappa shape index (κ3) is 5.49. The molecule has 1 atom stereocenters. The summed E-state index contributed by atoms with van der Waals surface area (Å²) in [7, 11) is 0. The Labute approximate surface area is 140 Å². The first-order chi connectivity index (χ1) is 9.15. The maximum Gasteiger partial charge on any atom is 0.189 e. The molecule has 1 unspecified atom stereocenters. The highest BCUT2D eigenvalue weighted by molar-refractivity contribution is 14.0. The molecule has 20 heavy (non-hydrogen) atoms. The number of guanidine groups is 1. The van der Waals surface area contributed by atoms with Gasteiger partial charge in [0.15, 0.2) is 5.96 Å². The van der Waals surface area contributed by atoms with Crippen molar-refractivity contribution in [3.05, 3.63) is 10.0 Å². The van der Waals surface area contributed by atoms with Crippen molar-refractivity contribution in [2.45, 2.75) is 45.3 Å². The van der Waals surface area contributed by atoms with Crippen LogP contribution in [0.25, 0.3) is 0 Å². The number of nitrogens with two attached hydrogens (primary N) is 1. The highest BCUT2D eigenvalue weighted by Crippen LogP contribution is 2.19. The molecular formula is C12H22IN5OS. The van der Waals surface area contributed by atoms with Crippen LogP contribution in [0.2, 0.25) is 0 Å². The van der Waals surface area contributed by atoms with E-state index >= 15 is 0 Å². The van der Waals surface area contributed by atoms with Crippen LogP contribution < -0.4 is 11.1 Å². The van der Waals surface area contributed by atoms with Gasteiger partial charge in [-0.3, -0.25) is 0 Å². The number of hydrogen-bond acceptors (Lipinski definition) is 5. The lowest BCUT2D eigenvalue weighted by Gasteiger charge is -2.10. The molecule has 1 aliphatic heterocycles. The number of rotatable bonds is 5. The fourth-order valence-corrected chi connectivity index (χ4v) is 2.57. The predicted octanol–water partition coefficient (Wildman–Crippen LogP) is 1.86. The molecule has 1 aromatic heterocycles. The number of aromatic nitrogens is 2. The molecule has 1 aliphatic rings. The van der Waals surface area contributed by atoms with Crippen LogP contribution in [0.1, 0.15) is 42.6 Å². The van der Waals surface area contributed by atoms with Gasteiger partial charge < -0.3 is 15.8 Å². The lowest BCUT2D eigenvalue weighted by Crippen LogP contribution is -2.37. The zero-order valence-corrected chi connectivity index (χ0v) is 15.0. The maximum atomic E-state index is 5.81. The molecular weight excluding hydrogens is 389 g/mol. The summed E-state index contributed by atoms with van der Waals surface area (Å²) in [5.41, 5.74) is 5.81. The van der Waals surface area contributed by atoms with Gasteiger partial charge in [0.1, 0.15) is 10.0 Å². The second-order valence-corrected chi connectivity index (χ2v) is 6.00. The standard InChI is InChI=1S/C12H21N5OS.HI/c1-8(2)11-17-16-10(19-11)7-15-12(13)14-6-9-4-3-5-18-9;/h8-9H,3-7H2,1-2H3,(H3,13,14,15);1H. The van der Waals surface area contributed by atoms with Crippen LogP contribution in [0.4, 0.5) is 0 Å². The lowest BCUT2D eigenvalue weighted by molar-refractivity contribution is 0.114. The van der Waals surface area contributed by atoms with Gasteiger partial charge in [0.05, 0.1) is 12.6 Å². The molecule has 0 aliphatic carbocycles. The molecule has 0 bridgehead atoms. The van der Waals surface area contributed by atoms with Crippen molar-refractivity contribution in [1.29, 1.82) is 0 Å². The summed E-state index contributed by atoms with van der Waals surface area (Å²) in [6, 6.07) is 0. The minimum absolute atomic E-state index is 0. The molecule has 3 N–H and O–H groups in total. The van der Waals surface area contributed by atoms with Gasteiger partial charge in [0.2, 0.25) is 0 Å². The van der Waals surface area contributed by atoms with E-state index in [0.29, 0.717) is 18.4 Å². The number of nitrogens with zero attached hydrogens (tertiary/aromatic N) is 3. The number of nitrogens with one attached hydrogen (secondary N) is 1. The number of ether oxygens (including phenoxy) is 1. The minimum Gasteiger partial charge on any atom is -0.376 e. The summed E-state index contributed by atoms with van der Waals surface area (Å²) in [6.45, 7) is 6.26. The molecule has 6 nitrogen and oxygen atoms in total. The van der Waals surface area contributed by atoms with E-state index in [1.54, 1.807) is 11.3 Å². The Morgan fingerprint density at radius 2 is 2.35 bits per heavy atom. The number of aliphatic imine (C=N–C) groups is 1. The van der Waals surface area contributed by atoms with Crippen LogP contribution in [0.5, 0.6) is 0 Å². The smallest absolute Gasteiger partial charge is 0.189 e. The molecule has 0 saturated carbocycles. The molecule has 1 fully saturated rings. The van der Waals surface area contributed by atoms with E-state index in [0.717, 1.165) is 36.0 Å². The second kappa shape index (κ2) is 8.73. The van der Waals surface area contributed by atoms with E-state index in [1.807, 2.05) is 0 Å². The van der Waals surface area contributed by atoms with Gasteiger partial charge in [-0.2, -0.15) is 0 Å². The molecule has 8 heteroatoms. The van der Waals surface area contributed by atoms with Gasteiger partial charge in [-0.25, -0.2) is 4.99 Å². The fraction of sp³-hybridized carbons (Fsp3) is 0.750. The maximum absolute atomic E-state index is 5.81. The van der Waals surface area contributed by atoms with E-state index in [-0.39, 0.29) is 30.1 Å². The van der Waals surface area contributed by atoms with E-state index in [2.05, 4.69) is 34.4 Å². The summed E-state index contributed by atoms with van der Waals surface area (Å²) in [5.74, 6) is 0.849. The van der Waals surface area contributed by atoms with E-state index in [1.165, 1.54) is 0 Å². The summed E-state index contributed by atoms with van der Waals surface area (Å²) in [5, 5.41) is 13.2. The van der Waals surface area contributed by atoms with Crippen LogP contribution in [-0.4, -0.2) is 35.4 Å². The Morgan fingerprint density at radius 3 is 2.95 bits per heavy atom. The van der Waals surface area contributed by atoms with Gasteiger partial charge in [0.25, 0.3) is 0 Å². The largest absolute Gasteiger partial charge is 0.376 e. The zero-order valence-electron chi connectivity index (χ0n) is 11.8. The van der Waals surface area contributed by atoms with Crippen LogP contribution in [-0.2, 0) is 11.3 Å². The third-order valence-corrected chi connectivity index (χ3v) is 4.10. The van der Waals surface area contributed by atoms with Gasteiger partial charge in [0, 0.05) is 19.1 Å². The Morgan fingerprint density at radius 1 is 1.55 bits per heavy atom. The summed E-state index contributed by atoms with van der Waals surface area (Å²) >= 11 is 1.59. The summed E-state index contributed by atoms with van der Waals surface area (Å²) < 4.78 is 5.50. The van der Waals surface area contributed by atoms with Crippen molar-refractivity contribution in [2.75, 3.05) is 13.2 Å². The predicted molar refractivity (Wildman–Crippen MR) is 91.7 cm³/mol. The fourth-order valence-electron chi connectivity index (χ4n) is 1.80. The first kappa shape index (κ1) is 17.6. The SMILES string of the molecule is CC(C)c1nnc(CN=C(N)NCC2CCCO2)s1.I. The first-order valence-corrected chi connectivity index (χ1v) is 7.44. The molecule has 0 spiro atoms. The molecule has 2 rings (SSSR count). The van der Waals surface area contributed by atoms with Crippen molar-refractivity contribution in [1.82, 2.24) is 15.5 Å². The van der Waals surface area contributed by atoms with Crippen molar-refractivity contribution in [3.8, 4) is 0 Å². The molecule has 0 aromatic carbocycles. The Bertz CT molecular complexity index is 431. The molecule has 114 valence electrons. The number of halogens is 1. The van der Waals surface area contributed by atoms with Crippen molar-refractivity contribution < 1.29 is 4.74 Å². The topological polar surface area (TPSA) is 85.4 Å². The quantitative estimate of drug-likeness (QED) is 0.439. The average molecular weight is 411 g/mol. The molecule has 0 amide bonds. The molecule has 0 radical (unpaired) electrons. The summed E-state index contributed by atoms with van der Waals surface area (Å²) in [4.78, 5) is 4.26. The van der Waals surface area contributed by atoms with Crippen molar-refractivity contribution in [3.63, 3.8) is 0 Å². The van der Waals surface area contributed by atoms with E-state index < -0.39 is 0 Å². The highest BCUT2D eigenvalue weighted by atomic mass is 127. The Hall–Kier alpha value is -0.480. The van der Waals surface area contributed by atoms with Gasteiger partial charge >= 0.3 is 0 Å². The van der Waals surface area contributed by atoms with Crippen molar-refractivity contribution in [2.24, 2.45) is 10.7 Å². The number of hydrogen-bond donors (Lipinski definition) is 2. The van der Waals surface area contributed by atoms with Crippen LogP contribution in [0.3, 0.4) is 0 Å². The Balaban J connectivity index is 0.00000200. The third-order valence-electron chi connectivity index (χ3n) is 2.90. The molecule has 1 aromatic rings. The van der Waals surface area contributed by atoms with Crippen LogP contribution in [0, 0.1) is 0 Å². The minimum atomic E-state index is 0. The monoisotopic (exact) mass is 411 g/mol. The van der Waals surface area contributed by atoms with Crippen LogP contribution in [0.15, 0.2) is 4.99 Å². The average Bonchev–Trinajstić information content (AvgIpc) is 3.05. The van der Waals surface area contributed by atoms with Gasteiger partial charge in [-0.05, 0) is 12.8 Å². The lowest BCUT2D eigenvalue weighted by atomic mass is 10.2. The van der Waals surface area contributed by atoms with E-state index in [9.17, 15) is 0 Å². The first-order valence-electron chi connectivity index (χ1n) is 6.63. The molecule has 2 heterocycles. The van der Waals surface area contributed by atoms with Gasteiger partial charge in [-0.15, -0.1) is 34.2 Å². The summed E-state index contributed by atoms with van der Waals surface area (Å²) in [6.07, 6.45) is 2.49. The normalized spacial score (nSPS) is 19.1. The van der Waals surface area contributed by atoms with E-state index in [4.69, 9.17) is 10.5 Å².